The summed E-state index contributed by atoms with van der Waals surface area (Å²) in [6, 6.07) is 6.56. The zero-order valence-electron chi connectivity index (χ0n) is 11.5. The second kappa shape index (κ2) is 6.22. The SMILES string of the molecule is FC(F)Oc1ccc(-c2cnc(C3CCNCC3)[nH]2)cc1. The molecule has 4 nitrogen and oxygen atoms in total. The molecular formula is C15H17F2N3O. The van der Waals surface area contributed by atoms with E-state index < -0.39 is 6.61 Å². The number of rotatable bonds is 4. The summed E-state index contributed by atoms with van der Waals surface area (Å²) < 4.78 is 28.6. The highest BCUT2D eigenvalue weighted by atomic mass is 19.3. The van der Waals surface area contributed by atoms with E-state index in [0.29, 0.717) is 5.92 Å². The van der Waals surface area contributed by atoms with Gasteiger partial charge in [-0.15, -0.1) is 0 Å². The average Bonchev–Trinajstić information content (AvgIpc) is 2.98. The molecule has 0 amide bonds. The van der Waals surface area contributed by atoms with Crippen LogP contribution >= 0.6 is 0 Å². The molecule has 0 unspecified atom stereocenters. The number of ether oxygens (including phenoxy) is 1. The summed E-state index contributed by atoms with van der Waals surface area (Å²) in [5, 5.41) is 3.33. The summed E-state index contributed by atoms with van der Waals surface area (Å²) in [6.07, 6.45) is 3.95. The van der Waals surface area contributed by atoms with Crippen molar-refractivity contribution >= 4 is 0 Å². The Bertz CT molecular complexity index is 577. The fourth-order valence-electron chi connectivity index (χ4n) is 2.60. The number of benzene rings is 1. The van der Waals surface area contributed by atoms with Crippen LogP contribution in [0.4, 0.5) is 8.78 Å². The van der Waals surface area contributed by atoms with Gasteiger partial charge < -0.3 is 15.0 Å². The van der Waals surface area contributed by atoms with Gasteiger partial charge in [0.1, 0.15) is 11.6 Å². The number of halogens is 2. The molecule has 3 rings (SSSR count). The predicted molar refractivity (Wildman–Crippen MR) is 75.5 cm³/mol. The minimum Gasteiger partial charge on any atom is -0.435 e. The normalized spacial score (nSPS) is 16.3. The highest BCUT2D eigenvalue weighted by Crippen LogP contribution is 2.26. The van der Waals surface area contributed by atoms with Gasteiger partial charge in [-0.05, 0) is 55.8 Å². The quantitative estimate of drug-likeness (QED) is 0.910. The third kappa shape index (κ3) is 3.39. The predicted octanol–water partition coefficient (Wildman–Crippen LogP) is 3.15. The fraction of sp³-hybridized carbons (Fsp3) is 0.400. The van der Waals surface area contributed by atoms with Gasteiger partial charge in [-0.3, -0.25) is 0 Å². The fourth-order valence-corrected chi connectivity index (χ4v) is 2.60. The number of H-pyrrole nitrogens is 1. The summed E-state index contributed by atoms with van der Waals surface area (Å²) >= 11 is 0. The lowest BCUT2D eigenvalue weighted by Gasteiger charge is -2.20. The number of imidazole rings is 1. The van der Waals surface area contributed by atoms with Gasteiger partial charge in [0.05, 0.1) is 11.9 Å². The Kier molecular flexibility index (Phi) is 4.15. The number of nitrogens with zero attached hydrogens (tertiary/aromatic N) is 1. The number of aromatic amines is 1. The van der Waals surface area contributed by atoms with E-state index in [0.717, 1.165) is 43.0 Å². The van der Waals surface area contributed by atoms with Crippen LogP contribution in [0.1, 0.15) is 24.6 Å². The van der Waals surface area contributed by atoms with Crippen LogP contribution in [0.25, 0.3) is 11.3 Å². The van der Waals surface area contributed by atoms with Crippen molar-refractivity contribution in [1.82, 2.24) is 15.3 Å². The molecule has 1 aromatic heterocycles. The maximum Gasteiger partial charge on any atom is 0.387 e. The van der Waals surface area contributed by atoms with Gasteiger partial charge in [0.25, 0.3) is 0 Å². The maximum absolute atomic E-state index is 12.1. The molecule has 0 aliphatic carbocycles. The molecule has 0 radical (unpaired) electrons. The largest absolute Gasteiger partial charge is 0.435 e. The van der Waals surface area contributed by atoms with Gasteiger partial charge in [-0.2, -0.15) is 8.78 Å². The molecule has 1 aliphatic heterocycles. The first-order valence-electron chi connectivity index (χ1n) is 7.03. The Morgan fingerprint density at radius 1 is 1.14 bits per heavy atom. The van der Waals surface area contributed by atoms with Crippen LogP contribution in [0.2, 0.25) is 0 Å². The molecule has 0 spiro atoms. The zero-order chi connectivity index (χ0) is 14.7. The van der Waals surface area contributed by atoms with E-state index in [-0.39, 0.29) is 5.75 Å². The highest BCUT2D eigenvalue weighted by Gasteiger charge is 2.18. The highest BCUT2D eigenvalue weighted by molar-refractivity contribution is 5.59. The van der Waals surface area contributed by atoms with Gasteiger partial charge >= 0.3 is 6.61 Å². The molecular weight excluding hydrogens is 276 g/mol. The van der Waals surface area contributed by atoms with Crippen LogP contribution in [0, 0.1) is 0 Å². The van der Waals surface area contributed by atoms with Crippen LogP contribution in [-0.4, -0.2) is 29.7 Å². The molecule has 0 bridgehead atoms. The smallest absolute Gasteiger partial charge is 0.387 e. The lowest BCUT2D eigenvalue weighted by Crippen LogP contribution is -2.27. The van der Waals surface area contributed by atoms with Crippen LogP contribution < -0.4 is 10.1 Å². The van der Waals surface area contributed by atoms with Gasteiger partial charge in [0.2, 0.25) is 0 Å². The molecule has 1 fully saturated rings. The van der Waals surface area contributed by atoms with E-state index in [1.54, 1.807) is 18.3 Å². The average molecular weight is 293 g/mol. The minimum absolute atomic E-state index is 0.159. The second-order valence-corrected chi connectivity index (χ2v) is 5.11. The first kappa shape index (κ1) is 14.0. The van der Waals surface area contributed by atoms with Crippen molar-refractivity contribution in [3.05, 3.63) is 36.3 Å². The third-order valence-electron chi connectivity index (χ3n) is 3.71. The molecule has 2 N–H and O–H groups in total. The Balaban J connectivity index is 1.73. The van der Waals surface area contributed by atoms with Crippen molar-refractivity contribution in [2.75, 3.05) is 13.1 Å². The molecule has 1 saturated heterocycles. The van der Waals surface area contributed by atoms with Crippen LogP contribution in [-0.2, 0) is 0 Å². The van der Waals surface area contributed by atoms with E-state index in [1.165, 1.54) is 12.1 Å². The number of piperidine rings is 1. The number of alkyl halides is 2. The van der Waals surface area contributed by atoms with Crippen molar-refractivity contribution in [1.29, 1.82) is 0 Å². The number of aromatic nitrogens is 2. The Morgan fingerprint density at radius 3 is 2.52 bits per heavy atom. The molecule has 0 saturated carbocycles. The Morgan fingerprint density at radius 2 is 1.86 bits per heavy atom. The van der Waals surface area contributed by atoms with Crippen molar-refractivity contribution in [2.24, 2.45) is 0 Å². The molecule has 112 valence electrons. The van der Waals surface area contributed by atoms with Crippen LogP contribution in [0.5, 0.6) is 5.75 Å². The first-order chi connectivity index (χ1) is 10.2. The standard InChI is InChI=1S/C15H17F2N3O/c16-15(17)21-12-3-1-10(2-4-12)13-9-19-14(20-13)11-5-7-18-8-6-11/h1-4,9,11,15,18H,5-8H2,(H,19,20). The molecule has 2 aromatic rings. The van der Waals surface area contributed by atoms with Crippen LogP contribution in [0.15, 0.2) is 30.5 Å². The molecule has 6 heteroatoms. The molecule has 1 aliphatic rings. The molecule has 0 atom stereocenters. The van der Waals surface area contributed by atoms with Crippen LogP contribution in [0.3, 0.4) is 0 Å². The van der Waals surface area contributed by atoms with Gasteiger partial charge in [-0.1, -0.05) is 0 Å². The van der Waals surface area contributed by atoms with E-state index in [4.69, 9.17) is 0 Å². The number of nitrogens with one attached hydrogen (secondary N) is 2. The lowest BCUT2D eigenvalue weighted by molar-refractivity contribution is -0.0498. The first-order valence-corrected chi connectivity index (χ1v) is 7.03. The summed E-state index contributed by atoms with van der Waals surface area (Å²) in [5.41, 5.74) is 1.80. The summed E-state index contributed by atoms with van der Waals surface area (Å²) in [5.74, 6) is 1.62. The lowest BCUT2D eigenvalue weighted by atomic mass is 9.98. The summed E-state index contributed by atoms with van der Waals surface area (Å²) in [4.78, 5) is 7.78. The van der Waals surface area contributed by atoms with Gasteiger partial charge in [0.15, 0.2) is 0 Å². The molecule has 1 aromatic carbocycles. The number of hydrogen-bond acceptors (Lipinski definition) is 3. The van der Waals surface area contributed by atoms with Crippen molar-refractivity contribution in [2.45, 2.75) is 25.4 Å². The van der Waals surface area contributed by atoms with E-state index >= 15 is 0 Å². The second-order valence-electron chi connectivity index (χ2n) is 5.11. The Labute approximate surface area is 121 Å². The summed E-state index contributed by atoms with van der Waals surface area (Å²) in [7, 11) is 0. The van der Waals surface area contributed by atoms with E-state index in [9.17, 15) is 8.78 Å². The van der Waals surface area contributed by atoms with Crippen molar-refractivity contribution < 1.29 is 13.5 Å². The maximum atomic E-state index is 12.1. The monoisotopic (exact) mass is 293 g/mol. The topological polar surface area (TPSA) is 49.9 Å². The minimum atomic E-state index is -2.80. The zero-order valence-corrected chi connectivity index (χ0v) is 11.5. The van der Waals surface area contributed by atoms with Crippen molar-refractivity contribution in [3.63, 3.8) is 0 Å². The van der Waals surface area contributed by atoms with E-state index in [2.05, 4.69) is 20.0 Å². The molecule has 21 heavy (non-hydrogen) atoms. The Hall–Kier alpha value is -1.95. The third-order valence-corrected chi connectivity index (χ3v) is 3.71. The van der Waals surface area contributed by atoms with Gasteiger partial charge in [-0.25, -0.2) is 4.98 Å². The van der Waals surface area contributed by atoms with Gasteiger partial charge in [0, 0.05) is 5.92 Å². The van der Waals surface area contributed by atoms with E-state index in [1.807, 2.05) is 0 Å². The number of hydrogen-bond donors (Lipinski definition) is 2. The molecule has 2 heterocycles. The van der Waals surface area contributed by atoms with Crippen molar-refractivity contribution in [3.8, 4) is 17.0 Å². The summed E-state index contributed by atoms with van der Waals surface area (Å²) in [6.45, 7) is -0.768.